The Hall–Kier alpha value is -1.90. The highest BCUT2D eigenvalue weighted by molar-refractivity contribution is 9.10. The van der Waals surface area contributed by atoms with Crippen LogP contribution in [0.25, 0.3) is 0 Å². The minimum absolute atomic E-state index is 0.0347. The zero-order valence-electron chi connectivity index (χ0n) is 11.4. The molecule has 1 atom stereocenters. The molecular formula is C12H15BrN4O4. The van der Waals surface area contributed by atoms with Crippen LogP contribution in [-0.4, -0.2) is 41.4 Å². The monoisotopic (exact) mass is 358 g/mol. The summed E-state index contributed by atoms with van der Waals surface area (Å²) in [5.74, 6) is -0.515. The number of nitrogens with zero attached hydrogens (tertiary/aromatic N) is 2. The summed E-state index contributed by atoms with van der Waals surface area (Å²) in [4.78, 5) is 34.3. The van der Waals surface area contributed by atoms with Gasteiger partial charge in [-0.05, 0) is 22.4 Å². The SMILES string of the molecule is COC(=O)Cn1ncc(NCC2CCC(=O)N2)c(Br)c1=O. The molecule has 2 rings (SSSR count). The van der Waals surface area contributed by atoms with E-state index in [1.54, 1.807) is 0 Å². The number of carbonyl (C=O) groups excluding carboxylic acids is 2. The number of esters is 1. The first-order valence-electron chi connectivity index (χ1n) is 6.37. The second-order valence-corrected chi connectivity index (χ2v) is 5.39. The van der Waals surface area contributed by atoms with Gasteiger partial charge in [-0.15, -0.1) is 0 Å². The molecule has 8 nitrogen and oxygen atoms in total. The molecule has 0 aromatic carbocycles. The molecule has 114 valence electrons. The van der Waals surface area contributed by atoms with Gasteiger partial charge in [-0.1, -0.05) is 0 Å². The van der Waals surface area contributed by atoms with Crippen molar-refractivity contribution in [3.63, 3.8) is 0 Å². The van der Waals surface area contributed by atoms with Crippen LogP contribution in [0, 0.1) is 0 Å². The van der Waals surface area contributed by atoms with Crippen molar-refractivity contribution in [2.45, 2.75) is 25.4 Å². The van der Waals surface area contributed by atoms with E-state index in [1.165, 1.54) is 13.3 Å². The van der Waals surface area contributed by atoms with E-state index in [-0.39, 0.29) is 23.0 Å². The van der Waals surface area contributed by atoms with E-state index < -0.39 is 11.5 Å². The zero-order valence-corrected chi connectivity index (χ0v) is 13.0. The second-order valence-electron chi connectivity index (χ2n) is 4.60. The fourth-order valence-electron chi connectivity index (χ4n) is 1.95. The van der Waals surface area contributed by atoms with E-state index in [0.29, 0.717) is 18.7 Å². The summed E-state index contributed by atoms with van der Waals surface area (Å²) in [6.07, 6.45) is 2.73. The average molecular weight is 359 g/mol. The molecule has 9 heteroatoms. The maximum Gasteiger partial charge on any atom is 0.327 e. The van der Waals surface area contributed by atoms with Crippen molar-refractivity contribution >= 4 is 33.5 Å². The van der Waals surface area contributed by atoms with Crippen LogP contribution < -0.4 is 16.2 Å². The Labute approximate surface area is 129 Å². The van der Waals surface area contributed by atoms with Crippen LogP contribution in [0.3, 0.4) is 0 Å². The molecule has 1 amide bonds. The lowest BCUT2D eigenvalue weighted by Crippen LogP contribution is -2.33. The van der Waals surface area contributed by atoms with E-state index in [4.69, 9.17) is 0 Å². The predicted octanol–water partition coefficient (Wildman–Crippen LogP) is -0.131. The topological polar surface area (TPSA) is 102 Å². The Balaban J connectivity index is 2.04. The molecule has 1 aromatic heterocycles. The highest BCUT2D eigenvalue weighted by atomic mass is 79.9. The van der Waals surface area contributed by atoms with Gasteiger partial charge < -0.3 is 15.4 Å². The molecule has 2 heterocycles. The second kappa shape index (κ2) is 6.70. The maximum atomic E-state index is 12.0. The molecule has 1 saturated heterocycles. The average Bonchev–Trinajstić information content (AvgIpc) is 2.88. The van der Waals surface area contributed by atoms with Gasteiger partial charge in [-0.3, -0.25) is 14.4 Å². The molecular weight excluding hydrogens is 344 g/mol. The van der Waals surface area contributed by atoms with Gasteiger partial charge in [0.2, 0.25) is 5.91 Å². The molecule has 0 spiro atoms. The number of halogens is 1. The standard InChI is InChI=1S/C12H15BrN4O4/c1-21-10(19)6-17-12(20)11(13)8(5-15-17)14-4-7-2-3-9(18)16-7/h5,7,14H,2-4,6H2,1H3,(H,16,18). The van der Waals surface area contributed by atoms with Crippen molar-refractivity contribution in [3.8, 4) is 0 Å². The summed E-state index contributed by atoms with van der Waals surface area (Å²) < 4.78 is 5.79. The highest BCUT2D eigenvalue weighted by Gasteiger charge is 2.21. The number of nitrogens with one attached hydrogen (secondary N) is 2. The third-order valence-electron chi connectivity index (χ3n) is 3.12. The predicted molar refractivity (Wildman–Crippen MR) is 77.9 cm³/mol. The van der Waals surface area contributed by atoms with Crippen LogP contribution in [-0.2, 0) is 20.9 Å². The largest absolute Gasteiger partial charge is 0.468 e. The van der Waals surface area contributed by atoms with Crippen LogP contribution in [0.4, 0.5) is 5.69 Å². The molecule has 1 unspecified atom stereocenters. The smallest absolute Gasteiger partial charge is 0.327 e. The van der Waals surface area contributed by atoms with Crippen LogP contribution >= 0.6 is 15.9 Å². The van der Waals surface area contributed by atoms with E-state index in [9.17, 15) is 14.4 Å². The summed E-state index contributed by atoms with van der Waals surface area (Å²) >= 11 is 3.19. The summed E-state index contributed by atoms with van der Waals surface area (Å²) in [7, 11) is 1.24. The van der Waals surface area contributed by atoms with Crippen LogP contribution in [0.1, 0.15) is 12.8 Å². The van der Waals surface area contributed by atoms with Gasteiger partial charge in [0.05, 0.1) is 19.0 Å². The third-order valence-corrected chi connectivity index (χ3v) is 3.88. The van der Waals surface area contributed by atoms with E-state index in [0.717, 1.165) is 11.1 Å². The first kappa shape index (κ1) is 15.5. The van der Waals surface area contributed by atoms with Crippen LogP contribution in [0.5, 0.6) is 0 Å². The minimum atomic E-state index is -0.550. The number of amides is 1. The van der Waals surface area contributed by atoms with Crippen molar-refractivity contribution in [1.82, 2.24) is 15.1 Å². The Bertz CT molecular complexity index is 616. The molecule has 21 heavy (non-hydrogen) atoms. The molecule has 0 bridgehead atoms. The van der Waals surface area contributed by atoms with Crippen molar-refractivity contribution in [2.75, 3.05) is 19.0 Å². The van der Waals surface area contributed by atoms with Gasteiger partial charge in [0.1, 0.15) is 11.0 Å². The minimum Gasteiger partial charge on any atom is -0.468 e. The molecule has 1 aliphatic heterocycles. The van der Waals surface area contributed by atoms with Crippen molar-refractivity contribution in [2.24, 2.45) is 0 Å². The quantitative estimate of drug-likeness (QED) is 0.710. The molecule has 1 fully saturated rings. The summed E-state index contributed by atoms with van der Waals surface area (Å²) in [5, 5.41) is 9.79. The fraction of sp³-hybridized carbons (Fsp3) is 0.500. The lowest BCUT2D eigenvalue weighted by atomic mass is 10.2. The molecule has 1 aliphatic rings. The Morgan fingerprint density at radius 2 is 2.38 bits per heavy atom. The Morgan fingerprint density at radius 1 is 1.62 bits per heavy atom. The Kier molecular flexibility index (Phi) is 4.94. The van der Waals surface area contributed by atoms with Gasteiger partial charge in [0.25, 0.3) is 5.56 Å². The number of aromatic nitrogens is 2. The maximum absolute atomic E-state index is 12.0. The highest BCUT2D eigenvalue weighted by Crippen LogP contribution is 2.17. The van der Waals surface area contributed by atoms with E-state index in [1.807, 2.05) is 0 Å². The Morgan fingerprint density at radius 3 is 3.00 bits per heavy atom. The summed E-state index contributed by atoms with van der Waals surface area (Å²) in [6, 6.07) is 0.0434. The van der Waals surface area contributed by atoms with Gasteiger partial charge >= 0.3 is 5.97 Å². The molecule has 0 aliphatic carbocycles. The third kappa shape index (κ3) is 3.81. The van der Waals surface area contributed by atoms with Gasteiger partial charge in [-0.25, -0.2) is 4.68 Å². The number of hydrogen-bond acceptors (Lipinski definition) is 6. The number of methoxy groups -OCH3 is 1. The van der Waals surface area contributed by atoms with Crippen molar-refractivity contribution in [1.29, 1.82) is 0 Å². The van der Waals surface area contributed by atoms with Gasteiger partial charge in [-0.2, -0.15) is 5.10 Å². The lowest BCUT2D eigenvalue weighted by Gasteiger charge is -2.13. The number of carbonyl (C=O) groups is 2. The normalized spacial score (nSPS) is 17.4. The fourth-order valence-corrected chi connectivity index (χ4v) is 2.40. The zero-order chi connectivity index (χ0) is 15.4. The summed E-state index contributed by atoms with van der Waals surface area (Å²) in [6.45, 7) is 0.263. The molecule has 2 N–H and O–H groups in total. The number of ether oxygens (including phenoxy) is 1. The van der Waals surface area contributed by atoms with Crippen molar-refractivity contribution < 1.29 is 14.3 Å². The van der Waals surface area contributed by atoms with E-state index in [2.05, 4.69) is 36.4 Å². The molecule has 0 saturated carbocycles. The van der Waals surface area contributed by atoms with Gasteiger partial charge in [0, 0.05) is 19.0 Å². The number of rotatable bonds is 5. The van der Waals surface area contributed by atoms with Crippen LogP contribution in [0.15, 0.2) is 15.5 Å². The first-order valence-corrected chi connectivity index (χ1v) is 7.16. The van der Waals surface area contributed by atoms with E-state index >= 15 is 0 Å². The van der Waals surface area contributed by atoms with Crippen molar-refractivity contribution in [3.05, 3.63) is 21.0 Å². The molecule has 0 radical (unpaired) electrons. The lowest BCUT2D eigenvalue weighted by molar-refractivity contribution is -0.141. The van der Waals surface area contributed by atoms with Gasteiger partial charge in [0.15, 0.2) is 0 Å². The number of hydrogen-bond donors (Lipinski definition) is 2. The first-order chi connectivity index (χ1) is 10.0. The summed E-state index contributed by atoms with van der Waals surface area (Å²) in [5.41, 5.74) is 0.0862. The molecule has 1 aromatic rings. The number of anilines is 1. The van der Waals surface area contributed by atoms with Crippen LogP contribution in [0.2, 0.25) is 0 Å².